The summed E-state index contributed by atoms with van der Waals surface area (Å²) in [6.07, 6.45) is 0.564. The van der Waals surface area contributed by atoms with Crippen molar-refractivity contribution in [3.8, 4) is 0 Å². The number of alkyl halides is 1. The Balaban J connectivity index is 2.89. The van der Waals surface area contributed by atoms with Crippen LogP contribution < -0.4 is 0 Å². The van der Waals surface area contributed by atoms with Gasteiger partial charge >= 0.3 is 5.97 Å². The molecule has 0 spiro atoms. The van der Waals surface area contributed by atoms with Crippen molar-refractivity contribution in [2.45, 2.75) is 67.9 Å². The van der Waals surface area contributed by atoms with E-state index in [4.69, 9.17) is 13.9 Å². The molecule has 3 atom stereocenters. The van der Waals surface area contributed by atoms with E-state index in [0.29, 0.717) is 6.61 Å². The van der Waals surface area contributed by atoms with E-state index in [0.717, 1.165) is 6.42 Å². The minimum atomic E-state index is -1.87. The van der Waals surface area contributed by atoms with Crippen LogP contribution in [0, 0.1) is 0 Å². The molecule has 20 heavy (non-hydrogen) atoms. The van der Waals surface area contributed by atoms with Crippen LogP contribution in [0.25, 0.3) is 0 Å². The highest BCUT2D eigenvalue weighted by Crippen LogP contribution is 2.41. The van der Waals surface area contributed by atoms with Gasteiger partial charge in [-0.3, -0.25) is 4.79 Å². The molecule has 1 rings (SSSR count). The smallest absolute Gasteiger partial charge is 0.324 e. The summed E-state index contributed by atoms with van der Waals surface area (Å²) in [5.74, 6) is -0.256. The highest BCUT2D eigenvalue weighted by atomic mass is 127. The maximum Gasteiger partial charge on any atom is 0.324 e. The second-order valence-corrected chi connectivity index (χ2v) is 14.1. The maximum atomic E-state index is 12.0. The lowest BCUT2D eigenvalue weighted by atomic mass is 10.00. The fourth-order valence-electron chi connectivity index (χ4n) is 2.07. The summed E-state index contributed by atoms with van der Waals surface area (Å²) >= 11 is 2.13. The first-order valence-corrected chi connectivity index (χ1v) is 11.0. The van der Waals surface area contributed by atoms with Gasteiger partial charge in [-0.25, -0.2) is 0 Å². The molecule has 0 amide bonds. The summed E-state index contributed by atoms with van der Waals surface area (Å²) in [5, 5.41) is 0.146. The fraction of sp³-hybridized carbons (Fsp3) is 0.929. The van der Waals surface area contributed by atoms with Gasteiger partial charge in [0.2, 0.25) is 0 Å². The molecule has 1 unspecified atom stereocenters. The molecule has 0 N–H and O–H groups in total. The van der Waals surface area contributed by atoms with Gasteiger partial charge in [0.25, 0.3) is 0 Å². The number of carbonyl (C=O) groups is 1. The first-order chi connectivity index (χ1) is 8.93. The Labute approximate surface area is 137 Å². The van der Waals surface area contributed by atoms with Crippen LogP contribution >= 0.6 is 22.6 Å². The van der Waals surface area contributed by atoms with E-state index in [2.05, 4.69) is 56.5 Å². The number of methoxy groups -OCH3 is 1. The van der Waals surface area contributed by atoms with Crippen LogP contribution in [-0.2, 0) is 18.7 Å². The number of halogens is 1. The van der Waals surface area contributed by atoms with Crippen molar-refractivity contribution in [1.82, 2.24) is 0 Å². The van der Waals surface area contributed by atoms with Crippen LogP contribution in [0.15, 0.2) is 0 Å². The van der Waals surface area contributed by atoms with Gasteiger partial charge in [-0.1, -0.05) is 43.4 Å². The summed E-state index contributed by atoms with van der Waals surface area (Å²) in [7, 11) is -0.456. The molecule has 1 aliphatic heterocycles. The summed E-state index contributed by atoms with van der Waals surface area (Å²) in [4.78, 5) is 12.0. The van der Waals surface area contributed by atoms with Gasteiger partial charge in [0, 0.05) is 6.61 Å². The quantitative estimate of drug-likeness (QED) is 0.306. The van der Waals surface area contributed by atoms with Crippen molar-refractivity contribution < 1.29 is 18.7 Å². The number of ether oxygens (including phenoxy) is 2. The maximum absolute atomic E-state index is 12.0. The van der Waals surface area contributed by atoms with Gasteiger partial charge in [-0.15, -0.1) is 0 Å². The van der Waals surface area contributed by atoms with Crippen LogP contribution in [-0.4, -0.2) is 43.6 Å². The molecule has 118 valence electrons. The van der Waals surface area contributed by atoms with Gasteiger partial charge in [0.15, 0.2) is 8.32 Å². The molecule has 0 aromatic heterocycles. The topological polar surface area (TPSA) is 44.8 Å². The second-order valence-electron chi connectivity index (χ2n) is 7.06. The molecule has 1 aliphatic rings. The van der Waals surface area contributed by atoms with E-state index in [-0.39, 0.29) is 23.2 Å². The van der Waals surface area contributed by atoms with Crippen LogP contribution in [0.1, 0.15) is 34.1 Å². The van der Waals surface area contributed by atoms with Crippen molar-refractivity contribution in [3.05, 3.63) is 0 Å². The minimum Gasteiger partial charge on any atom is -0.468 e. The lowest BCUT2D eigenvalue weighted by molar-refractivity contribution is -0.146. The van der Waals surface area contributed by atoms with Crippen LogP contribution in [0.4, 0.5) is 0 Å². The lowest BCUT2D eigenvalue weighted by Crippen LogP contribution is -2.52. The molecule has 0 aliphatic carbocycles. The Hall–Kier alpha value is 0.337. The third-order valence-electron chi connectivity index (χ3n) is 4.41. The van der Waals surface area contributed by atoms with E-state index in [9.17, 15) is 4.79 Å². The van der Waals surface area contributed by atoms with E-state index < -0.39 is 11.7 Å². The Morgan fingerprint density at radius 2 is 1.85 bits per heavy atom. The third-order valence-corrected chi connectivity index (χ3v) is 9.97. The molecule has 1 fully saturated rings. The van der Waals surface area contributed by atoms with Crippen LogP contribution in [0.5, 0.6) is 0 Å². The van der Waals surface area contributed by atoms with E-state index in [1.165, 1.54) is 7.11 Å². The van der Waals surface area contributed by atoms with Gasteiger partial charge in [0.05, 0.1) is 13.2 Å². The average Bonchev–Trinajstić information content (AvgIpc) is 2.74. The molecule has 0 radical (unpaired) electrons. The molecule has 0 aromatic carbocycles. The molecule has 4 nitrogen and oxygen atoms in total. The summed E-state index contributed by atoms with van der Waals surface area (Å²) in [6.45, 7) is 13.6. The molecule has 0 bridgehead atoms. The van der Waals surface area contributed by atoms with Crippen molar-refractivity contribution in [2.24, 2.45) is 0 Å². The third kappa shape index (κ3) is 3.75. The normalized spacial score (nSPS) is 27.2. The standard InChI is InChI=1S/C14H27IO4Si/c1-13(2,3)20(6,7)19-10-8-9-18-11(10)14(4,15)12(16)17-5/h10-11H,8-9H2,1-7H3/t10?,11-,14-/m0/s1. The molecule has 1 heterocycles. The highest BCUT2D eigenvalue weighted by molar-refractivity contribution is 14.1. The van der Waals surface area contributed by atoms with Gasteiger partial charge < -0.3 is 13.9 Å². The molecule has 0 saturated carbocycles. The van der Waals surface area contributed by atoms with E-state index >= 15 is 0 Å². The number of hydrogen-bond acceptors (Lipinski definition) is 4. The molecule has 1 saturated heterocycles. The fourth-order valence-corrected chi connectivity index (χ4v) is 4.22. The van der Waals surface area contributed by atoms with Crippen molar-refractivity contribution >= 4 is 36.9 Å². The van der Waals surface area contributed by atoms with Crippen molar-refractivity contribution in [2.75, 3.05) is 13.7 Å². The number of carbonyl (C=O) groups excluding carboxylic acids is 1. The number of hydrogen-bond donors (Lipinski definition) is 0. The van der Waals surface area contributed by atoms with E-state index in [1.54, 1.807) is 0 Å². The first kappa shape index (κ1) is 18.4. The minimum absolute atomic E-state index is 0.0307. The molecular weight excluding hydrogens is 387 g/mol. The zero-order valence-corrected chi connectivity index (χ0v) is 16.7. The Morgan fingerprint density at radius 3 is 2.30 bits per heavy atom. The van der Waals surface area contributed by atoms with Crippen LogP contribution in [0.2, 0.25) is 18.1 Å². The second kappa shape index (κ2) is 6.22. The van der Waals surface area contributed by atoms with Crippen LogP contribution in [0.3, 0.4) is 0 Å². The van der Waals surface area contributed by atoms with Gasteiger partial charge in [-0.05, 0) is 31.5 Å². The molecule has 6 heteroatoms. The Morgan fingerprint density at radius 1 is 1.30 bits per heavy atom. The largest absolute Gasteiger partial charge is 0.468 e. The zero-order chi connectivity index (χ0) is 15.8. The average molecular weight is 414 g/mol. The number of esters is 1. The number of rotatable bonds is 4. The predicted octanol–water partition coefficient (Wildman–Crippen LogP) is 3.53. The lowest BCUT2D eigenvalue weighted by Gasteiger charge is -2.41. The monoisotopic (exact) mass is 414 g/mol. The van der Waals surface area contributed by atoms with Gasteiger partial charge in [-0.2, -0.15) is 0 Å². The molecule has 0 aromatic rings. The first-order valence-electron chi connectivity index (χ1n) is 7.00. The zero-order valence-electron chi connectivity index (χ0n) is 13.6. The Kier molecular flexibility index (Phi) is 5.72. The molecular formula is C14H27IO4Si. The van der Waals surface area contributed by atoms with Gasteiger partial charge in [0.1, 0.15) is 9.53 Å². The van der Waals surface area contributed by atoms with Crippen molar-refractivity contribution in [1.29, 1.82) is 0 Å². The van der Waals surface area contributed by atoms with E-state index in [1.807, 2.05) is 6.92 Å². The van der Waals surface area contributed by atoms with Crippen molar-refractivity contribution in [3.63, 3.8) is 0 Å². The highest BCUT2D eigenvalue weighted by Gasteiger charge is 2.51. The summed E-state index contributed by atoms with van der Waals surface area (Å²) in [5.41, 5.74) is 0. The summed E-state index contributed by atoms with van der Waals surface area (Å²) < 4.78 is 16.4. The predicted molar refractivity (Wildman–Crippen MR) is 90.9 cm³/mol. The Bertz CT molecular complexity index is 363. The SMILES string of the molecule is COC(=O)[C@@](C)(I)[C@H]1OCCC1O[Si](C)(C)C(C)(C)C. The summed E-state index contributed by atoms with van der Waals surface area (Å²) in [6, 6.07) is 0.